The topological polar surface area (TPSA) is 87.0 Å². The highest BCUT2D eigenvalue weighted by Crippen LogP contribution is 2.36. The Morgan fingerprint density at radius 1 is 1.40 bits per heavy atom. The van der Waals surface area contributed by atoms with E-state index in [9.17, 15) is 15.0 Å². The molecule has 0 aliphatic rings. The Bertz CT molecular complexity index is 372. The van der Waals surface area contributed by atoms with Crippen LogP contribution in [0, 0.1) is 0 Å². The number of hydrogen-bond acceptors (Lipinski definition) is 4. The van der Waals surface area contributed by atoms with Gasteiger partial charge >= 0.3 is 6.16 Å². The van der Waals surface area contributed by atoms with Crippen molar-refractivity contribution in [1.29, 1.82) is 0 Å². The molecule has 0 aromatic heterocycles. The van der Waals surface area contributed by atoms with E-state index in [-0.39, 0.29) is 11.5 Å². The van der Waals surface area contributed by atoms with E-state index in [0.717, 1.165) is 6.42 Å². The van der Waals surface area contributed by atoms with Crippen LogP contribution in [0.15, 0.2) is 12.1 Å². The van der Waals surface area contributed by atoms with Crippen LogP contribution >= 0.6 is 0 Å². The average Bonchev–Trinajstić information content (AvgIpc) is 2.13. The molecule has 0 saturated heterocycles. The minimum atomic E-state index is -1.53. The number of carboxylic acid groups (broad SMARTS) is 1. The van der Waals surface area contributed by atoms with Gasteiger partial charge in [-0.05, 0) is 24.1 Å². The standard InChI is InChI=1S/C10H12O5/c1-2-3-6-4-7(11)9(12)8(5-6)15-10(13)14/h4-5,11-12H,2-3H2,1H3,(H,13,14). The maximum absolute atomic E-state index is 10.3. The molecule has 1 aromatic carbocycles. The van der Waals surface area contributed by atoms with Crippen LogP contribution in [0.1, 0.15) is 18.9 Å². The lowest BCUT2D eigenvalue weighted by Crippen LogP contribution is -2.03. The van der Waals surface area contributed by atoms with Gasteiger partial charge in [0, 0.05) is 0 Å². The number of phenols is 2. The molecular weight excluding hydrogens is 200 g/mol. The van der Waals surface area contributed by atoms with Gasteiger partial charge in [0.2, 0.25) is 5.75 Å². The van der Waals surface area contributed by atoms with Crippen LogP contribution in [0.2, 0.25) is 0 Å². The van der Waals surface area contributed by atoms with Crippen molar-refractivity contribution in [2.45, 2.75) is 19.8 Å². The first-order chi connectivity index (χ1) is 7.04. The first-order valence-electron chi connectivity index (χ1n) is 4.50. The summed E-state index contributed by atoms with van der Waals surface area (Å²) in [5, 5.41) is 27.0. The molecule has 0 radical (unpaired) electrons. The predicted molar refractivity (Wildman–Crippen MR) is 52.4 cm³/mol. The van der Waals surface area contributed by atoms with E-state index in [1.54, 1.807) is 0 Å². The smallest absolute Gasteiger partial charge is 0.504 e. The summed E-state index contributed by atoms with van der Waals surface area (Å²) in [6.45, 7) is 1.95. The number of rotatable bonds is 3. The lowest BCUT2D eigenvalue weighted by Gasteiger charge is -2.07. The summed E-state index contributed by atoms with van der Waals surface area (Å²) in [6.07, 6.45) is -0.0149. The van der Waals surface area contributed by atoms with E-state index < -0.39 is 11.9 Å². The van der Waals surface area contributed by atoms with Crippen molar-refractivity contribution < 1.29 is 24.9 Å². The molecule has 1 rings (SSSR count). The molecule has 0 bridgehead atoms. The van der Waals surface area contributed by atoms with Crippen molar-refractivity contribution in [1.82, 2.24) is 0 Å². The van der Waals surface area contributed by atoms with E-state index >= 15 is 0 Å². The number of phenolic OH excluding ortho intramolecular Hbond substituents is 2. The zero-order valence-corrected chi connectivity index (χ0v) is 8.23. The molecule has 5 nitrogen and oxygen atoms in total. The van der Waals surface area contributed by atoms with Crippen molar-refractivity contribution in [2.24, 2.45) is 0 Å². The minimum Gasteiger partial charge on any atom is -0.504 e. The number of ether oxygens (including phenoxy) is 1. The summed E-state index contributed by atoms with van der Waals surface area (Å²) in [4.78, 5) is 10.3. The Morgan fingerprint density at radius 3 is 2.60 bits per heavy atom. The maximum Gasteiger partial charge on any atom is 0.511 e. The molecule has 0 spiro atoms. The fourth-order valence-corrected chi connectivity index (χ4v) is 1.25. The molecule has 0 aliphatic heterocycles. The minimum absolute atomic E-state index is 0.244. The zero-order valence-electron chi connectivity index (χ0n) is 8.23. The van der Waals surface area contributed by atoms with Gasteiger partial charge in [0.25, 0.3) is 0 Å². The second-order valence-corrected chi connectivity index (χ2v) is 3.08. The molecule has 82 valence electrons. The molecular formula is C10H12O5. The molecule has 0 unspecified atom stereocenters. The Morgan fingerprint density at radius 2 is 2.07 bits per heavy atom. The second kappa shape index (κ2) is 4.54. The fraction of sp³-hybridized carbons (Fsp3) is 0.300. The molecule has 0 amide bonds. The third-order valence-electron chi connectivity index (χ3n) is 1.85. The molecule has 15 heavy (non-hydrogen) atoms. The van der Waals surface area contributed by atoms with Crippen LogP contribution in [-0.4, -0.2) is 21.5 Å². The molecule has 0 aliphatic carbocycles. The van der Waals surface area contributed by atoms with E-state index in [1.165, 1.54) is 12.1 Å². The van der Waals surface area contributed by atoms with Crippen molar-refractivity contribution >= 4 is 6.16 Å². The van der Waals surface area contributed by atoms with Gasteiger partial charge in [-0.15, -0.1) is 0 Å². The van der Waals surface area contributed by atoms with Crippen LogP contribution in [0.3, 0.4) is 0 Å². The number of carbonyl (C=O) groups is 1. The Balaban J connectivity index is 3.06. The normalized spacial score (nSPS) is 9.93. The molecule has 1 aromatic rings. The summed E-state index contributed by atoms with van der Waals surface area (Å²) in [5.74, 6) is -1.18. The van der Waals surface area contributed by atoms with Crippen LogP contribution < -0.4 is 4.74 Å². The van der Waals surface area contributed by atoms with Crippen molar-refractivity contribution in [3.8, 4) is 17.2 Å². The van der Waals surface area contributed by atoms with Crippen LogP contribution in [0.5, 0.6) is 17.2 Å². The molecule has 0 heterocycles. The van der Waals surface area contributed by atoms with E-state index in [4.69, 9.17) is 5.11 Å². The average molecular weight is 212 g/mol. The highest BCUT2D eigenvalue weighted by atomic mass is 16.7. The van der Waals surface area contributed by atoms with Crippen molar-refractivity contribution in [2.75, 3.05) is 0 Å². The zero-order chi connectivity index (χ0) is 11.4. The summed E-state index contributed by atoms with van der Waals surface area (Å²) in [5.41, 5.74) is 0.712. The number of benzene rings is 1. The monoisotopic (exact) mass is 212 g/mol. The third kappa shape index (κ3) is 2.77. The Hall–Kier alpha value is -1.91. The molecule has 0 saturated carbocycles. The second-order valence-electron chi connectivity index (χ2n) is 3.08. The van der Waals surface area contributed by atoms with Crippen LogP contribution in [-0.2, 0) is 6.42 Å². The van der Waals surface area contributed by atoms with Crippen LogP contribution in [0.4, 0.5) is 4.79 Å². The van der Waals surface area contributed by atoms with Gasteiger partial charge in [-0.25, -0.2) is 4.79 Å². The Kier molecular flexibility index (Phi) is 3.38. The van der Waals surface area contributed by atoms with E-state index in [2.05, 4.69) is 4.74 Å². The van der Waals surface area contributed by atoms with E-state index in [0.29, 0.717) is 12.0 Å². The molecule has 5 heteroatoms. The molecule has 0 atom stereocenters. The van der Waals surface area contributed by atoms with Gasteiger partial charge in [-0.3, -0.25) is 0 Å². The number of hydrogen-bond donors (Lipinski definition) is 3. The van der Waals surface area contributed by atoms with Gasteiger partial charge < -0.3 is 20.1 Å². The number of aromatic hydroxyl groups is 2. The fourth-order valence-electron chi connectivity index (χ4n) is 1.25. The highest BCUT2D eigenvalue weighted by Gasteiger charge is 2.13. The lowest BCUT2D eigenvalue weighted by molar-refractivity contribution is 0.142. The van der Waals surface area contributed by atoms with Crippen LogP contribution in [0.25, 0.3) is 0 Å². The van der Waals surface area contributed by atoms with Gasteiger partial charge in [0.15, 0.2) is 11.5 Å². The largest absolute Gasteiger partial charge is 0.511 e. The predicted octanol–water partition coefficient (Wildman–Crippen LogP) is 2.11. The van der Waals surface area contributed by atoms with Gasteiger partial charge in [0.1, 0.15) is 0 Å². The summed E-state index contributed by atoms with van der Waals surface area (Å²) >= 11 is 0. The van der Waals surface area contributed by atoms with Gasteiger partial charge in [-0.1, -0.05) is 13.3 Å². The molecule has 0 fully saturated rings. The molecule has 3 N–H and O–H groups in total. The lowest BCUT2D eigenvalue weighted by atomic mass is 10.1. The summed E-state index contributed by atoms with van der Waals surface area (Å²) < 4.78 is 4.32. The van der Waals surface area contributed by atoms with Crippen molar-refractivity contribution in [3.05, 3.63) is 17.7 Å². The number of aryl methyl sites for hydroxylation is 1. The SMILES string of the molecule is CCCc1cc(O)c(O)c(OC(=O)O)c1. The summed E-state index contributed by atoms with van der Waals surface area (Å²) in [7, 11) is 0. The quantitative estimate of drug-likeness (QED) is 0.405. The van der Waals surface area contributed by atoms with Gasteiger partial charge in [-0.2, -0.15) is 0 Å². The first kappa shape index (κ1) is 11.2. The Labute approximate surface area is 86.5 Å². The van der Waals surface area contributed by atoms with Crippen molar-refractivity contribution in [3.63, 3.8) is 0 Å². The maximum atomic E-state index is 10.3. The summed E-state index contributed by atoms with van der Waals surface area (Å²) in [6, 6.07) is 2.78. The third-order valence-corrected chi connectivity index (χ3v) is 1.85. The first-order valence-corrected chi connectivity index (χ1v) is 4.50. The van der Waals surface area contributed by atoms with Gasteiger partial charge in [0.05, 0.1) is 0 Å². The van der Waals surface area contributed by atoms with E-state index in [1.807, 2.05) is 6.92 Å². The highest BCUT2D eigenvalue weighted by molar-refractivity contribution is 5.65.